The van der Waals surface area contributed by atoms with Crippen LogP contribution in [-0.4, -0.2) is 36.7 Å². The minimum absolute atomic E-state index is 0.218. The number of halogens is 2. The van der Waals surface area contributed by atoms with Gasteiger partial charge in [0, 0.05) is 12.1 Å². The van der Waals surface area contributed by atoms with Gasteiger partial charge in [-0.1, -0.05) is 23.7 Å². The lowest BCUT2D eigenvalue weighted by molar-refractivity contribution is -0.114. The Labute approximate surface area is 229 Å². The normalized spacial score (nSPS) is 14.5. The smallest absolute Gasteiger partial charge is 0.281 e. The molecule has 3 aromatic rings. The number of ether oxygens (including phenoxy) is 3. The minimum atomic E-state index is -0.218. The molecule has 0 atom stereocenters. The number of benzene rings is 3. The van der Waals surface area contributed by atoms with Gasteiger partial charge in [0.1, 0.15) is 18.1 Å². The van der Waals surface area contributed by atoms with Crippen molar-refractivity contribution in [2.75, 3.05) is 25.7 Å². The Kier molecular flexibility index (Phi) is 8.18. The first kappa shape index (κ1) is 26.0. The van der Waals surface area contributed by atoms with Gasteiger partial charge in [0.2, 0.25) is 0 Å². The molecule has 1 fully saturated rings. The maximum Gasteiger partial charge on any atom is 0.281 e. The van der Waals surface area contributed by atoms with Crippen molar-refractivity contribution in [2.45, 2.75) is 13.5 Å². The fraction of sp³-hybridized carbons (Fsp3) is 0.185. The Morgan fingerprint density at radius 2 is 1.75 bits per heavy atom. The maximum atomic E-state index is 13.4. The zero-order chi connectivity index (χ0) is 25.8. The van der Waals surface area contributed by atoms with E-state index in [1.54, 1.807) is 25.1 Å². The lowest BCUT2D eigenvalue weighted by Crippen LogP contribution is -2.31. The van der Waals surface area contributed by atoms with Crippen LogP contribution in [0.25, 0.3) is 6.08 Å². The molecule has 0 unspecified atom stereocenters. The predicted octanol–water partition coefficient (Wildman–Crippen LogP) is 6.69. The van der Waals surface area contributed by atoms with Crippen molar-refractivity contribution in [3.05, 3.63) is 87.0 Å². The van der Waals surface area contributed by atoms with Crippen molar-refractivity contribution >= 4 is 62.5 Å². The summed E-state index contributed by atoms with van der Waals surface area (Å²) >= 11 is 15.1. The molecule has 1 heterocycles. The molecule has 1 saturated heterocycles. The molecule has 3 aromatic carbocycles. The number of carbonyl (C=O) groups excluding carboxylic acids is 1. The van der Waals surface area contributed by atoms with Gasteiger partial charge in [0.05, 0.1) is 23.9 Å². The molecule has 6 nitrogen and oxygen atoms in total. The number of thiocarbonyl (C=S) groups is 1. The van der Waals surface area contributed by atoms with Crippen LogP contribution in [0.1, 0.15) is 18.1 Å². The van der Waals surface area contributed by atoms with Crippen LogP contribution in [0.15, 0.2) is 70.8 Å². The highest BCUT2D eigenvalue weighted by atomic mass is 79.9. The molecule has 0 radical (unpaired) electrons. The van der Waals surface area contributed by atoms with E-state index in [1.165, 1.54) is 4.90 Å². The van der Waals surface area contributed by atoms with E-state index in [9.17, 15) is 4.79 Å². The molecule has 0 aromatic heterocycles. The van der Waals surface area contributed by atoms with Gasteiger partial charge >= 0.3 is 0 Å². The van der Waals surface area contributed by atoms with Crippen LogP contribution in [0.3, 0.4) is 0 Å². The molecular formula is C27H24BrClN2O4S. The van der Waals surface area contributed by atoms with Crippen LogP contribution >= 0.6 is 39.7 Å². The number of anilines is 1. The van der Waals surface area contributed by atoms with E-state index in [-0.39, 0.29) is 5.91 Å². The SMILES string of the molecule is CCOc1ccc(N2C(=O)/C(=C/c3cc(Br)c(OCc4ccc(Cl)cc4)c(OC)c3)N(C)C2=S)cc1. The molecule has 0 saturated carbocycles. The van der Waals surface area contributed by atoms with Crippen molar-refractivity contribution in [1.29, 1.82) is 0 Å². The first-order valence-corrected chi connectivity index (χ1v) is 12.7. The monoisotopic (exact) mass is 586 g/mol. The molecule has 36 heavy (non-hydrogen) atoms. The standard InChI is InChI=1S/C27H24BrClN2O4S/c1-4-34-21-11-9-20(10-12-21)31-26(32)23(30(2)27(31)36)14-18-13-22(28)25(24(15-18)33-3)35-16-17-5-7-19(29)8-6-17/h5-15H,4,16H2,1-3H3/b23-14-. The summed E-state index contributed by atoms with van der Waals surface area (Å²) < 4.78 is 17.8. The van der Waals surface area contributed by atoms with Gasteiger partial charge in [-0.15, -0.1) is 0 Å². The van der Waals surface area contributed by atoms with Crippen LogP contribution in [0.4, 0.5) is 5.69 Å². The van der Waals surface area contributed by atoms with E-state index in [0.29, 0.717) is 50.7 Å². The Hall–Kier alpha value is -3.07. The van der Waals surface area contributed by atoms with Gasteiger partial charge in [0.25, 0.3) is 5.91 Å². The number of nitrogens with zero attached hydrogens (tertiary/aromatic N) is 2. The van der Waals surface area contributed by atoms with Gasteiger partial charge in [0.15, 0.2) is 16.6 Å². The average Bonchev–Trinajstić information content (AvgIpc) is 3.08. The van der Waals surface area contributed by atoms with Crippen LogP contribution < -0.4 is 19.1 Å². The van der Waals surface area contributed by atoms with Gasteiger partial charge in [-0.25, -0.2) is 0 Å². The lowest BCUT2D eigenvalue weighted by atomic mass is 10.1. The van der Waals surface area contributed by atoms with Crippen LogP contribution in [0, 0.1) is 0 Å². The second-order valence-corrected chi connectivity index (χ2v) is 9.54. The zero-order valence-electron chi connectivity index (χ0n) is 20.0. The van der Waals surface area contributed by atoms with Crippen LogP contribution in [0.5, 0.6) is 17.2 Å². The van der Waals surface area contributed by atoms with E-state index in [1.807, 2.05) is 67.6 Å². The first-order chi connectivity index (χ1) is 17.3. The summed E-state index contributed by atoms with van der Waals surface area (Å²) in [5.74, 6) is 1.61. The molecule has 0 spiro atoms. The Bertz CT molecular complexity index is 1310. The van der Waals surface area contributed by atoms with Crippen molar-refractivity contribution < 1.29 is 19.0 Å². The fourth-order valence-corrected chi connectivity index (χ4v) is 4.69. The second-order valence-electron chi connectivity index (χ2n) is 7.89. The third kappa shape index (κ3) is 5.51. The lowest BCUT2D eigenvalue weighted by Gasteiger charge is -2.16. The van der Waals surface area contributed by atoms with Crippen molar-refractivity contribution in [2.24, 2.45) is 0 Å². The number of methoxy groups -OCH3 is 1. The number of amides is 1. The van der Waals surface area contributed by atoms with Crippen LogP contribution in [-0.2, 0) is 11.4 Å². The molecule has 0 bridgehead atoms. The van der Waals surface area contributed by atoms with E-state index in [0.717, 1.165) is 16.9 Å². The molecule has 1 amide bonds. The number of hydrogen-bond donors (Lipinski definition) is 0. The summed E-state index contributed by atoms with van der Waals surface area (Å²) in [4.78, 5) is 16.6. The summed E-state index contributed by atoms with van der Waals surface area (Å²) in [6.07, 6.45) is 1.78. The average molecular weight is 588 g/mol. The fourth-order valence-electron chi connectivity index (χ4n) is 3.70. The van der Waals surface area contributed by atoms with E-state index in [2.05, 4.69) is 15.9 Å². The number of carbonyl (C=O) groups is 1. The quantitative estimate of drug-likeness (QED) is 0.216. The van der Waals surface area contributed by atoms with Crippen LogP contribution in [0.2, 0.25) is 5.02 Å². The molecule has 186 valence electrons. The summed E-state index contributed by atoms with van der Waals surface area (Å²) in [6.45, 7) is 2.84. The summed E-state index contributed by atoms with van der Waals surface area (Å²) in [5, 5.41) is 1.06. The number of hydrogen-bond acceptors (Lipinski definition) is 5. The first-order valence-electron chi connectivity index (χ1n) is 11.1. The molecule has 0 aliphatic carbocycles. The molecule has 4 rings (SSSR count). The van der Waals surface area contributed by atoms with E-state index < -0.39 is 0 Å². The van der Waals surface area contributed by atoms with E-state index >= 15 is 0 Å². The summed E-state index contributed by atoms with van der Waals surface area (Å²) in [5.41, 5.74) is 2.84. The van der Waals surface area contributed by atoms with Crippen molar-refractivity contribution in [3.8, 4) is 17.2 Å². The van der Waals surface area contributed by atoms with Gasteiger partial charge in [-0.2, -0.15) is 0 Å². The number of rotatable bonds is 8. The highest BCUT2D eigenvalue weighted by Crippen LogP contribution is 2.38. The summed E-state index contributed by atoms with van der Waals surface area (Å²) in [6, 6.07) is 18.4. The molecular weight excluding hydrogens is 564 g/mol. The molecule has 1 aliphatic rings. The Morgan fingerprint density at radius 1 is 1.06 bits per heavy atom. The van der Waals surface area contributed by atoms with Gasteiger partial charge < -0.3 is 19.1 Å². The van der Waals surface area contributed by atoms with Crippen molar-refractivity contribution in [3.63, 3.8) is 0 Å². The summed E-state index contributed by atoms with van der Waals surface area (Å²) in [7, 11) is 3.35. The topological polar surface area (TPSA) is 51.2 Å². The highest BCUT2D eigenvalue weighted by molar-refractivity contribution is 9.10. The zero-order valence-corrected chi connectivity index (χ0v) is 23.1. The predicted molar refractivity (Wildman–Crippen MR) is 150 cm³/mol. The highest BCUT2D eigenvalue weighted by Gasteiger charge is 2.36. The maximum absolute atomic E-state index is 13.4. The Morgan fingerprint density at radius 3 is 2.39 bits per heavy atom. The molecule has 9 heteroatoms. The van der Waals surface area contributed by atoms with E-state index in [4.69, 9.17) is 38.0 Å². The molecule has 1 aliphatic heterocycles. The van der Waals surface area contributed by atoms with Gasteiger partial charge in [-0.3, -0.25) is 9.69 Å². The van der Waals surface area contributed by atoms with Crippen molar-refractivity contribution in [1.82, 2.24) is 4.90 Å². The second kappa shape index (κ2) is 11.3. The third-order valence-corrected chi connectivity index (χ3v) is 6.82. The van der Waals surface area contributed by atoms with Gasteiger partial charge in [-0.05, 0) is 101 Å². The number of likely N-dealkylation sites (N-methyl/N-ethyl adjacent to an activating group) is 1. The third-order valence-electron chi connectivity index (χ3n) is 5.52. The largest absolute Gasteiger partial charge is 0.494 e. The molecule has 0 N–H and O–H groups in total. The minimum Gasteiger partial charge on any atom is -0.494 e. The Balaban J connectivity index is 1.58.